The molecule has 8 heteroatoms. The van der Waals surface area contributed by atoms with Gasteiger partial charge in [-0.25, -0.2) is 9.67 Å². The molecule has 1 fully saturated rings. The molecular weight excluding hydrogens is 369 g/mol. The standard InChI is InChI=1S/C20H24FN7.CH4/c1-26-11-13-27(14-12-26)19(17-7-8-18(21)22-15-17)20-23-24-25-28(20)10-9-16-5-3-2-4-6-16;/h2-8,15,19H,9-14H2,1H3;1H4. The molecule has 1 aliphatic heterocycles. The van der Waals surface area contributed by atoms with Crippen molar-refractivity contribution in [3.8, 4) is 0 Å². The van der Waals surface area contributed by atoms with Gasteiger partial charge in [0.2, 0.25) is 5.95 Å². The topological polar surface area (TPSA) is 63.0 Å². The van der Waals surface area contributed by atoms with Gasteiger partial charge in [0, 0.05) is 38.9 Å². The van der Waals surface area contributed by atoms with Crippen molar-refractivity contribution in [3.63, 3.8) is 0 Å². The minimum absolute atomic E-state index is 0. The van der Waals surface area contributed by atoms with E-state index in [0.717, 1.165) is 44.0 Å². The first-order valence-corrected chi connectivity index (χ1v) is 9.55. The van der Waals surface area contributed by atoms with Gasteiger partial charge in [0.1, 0.15) is 0 Å². The first-order valence-electron chi connectivity index (χ1n) is 9.55. The summed E-state index contributed by atoms with van der Waals surface area (Å²) in [5.74, 6) is 0.290. The van der Waals surface area contributed by atoms with Crippen LogP contribution in [0.15, 0.2) is 48.7 Å². The van der Waals surface area contributed by atoms with Crippen LogP contribution in [0.25, 0.3) is 0 Å². The SMILES string of the molecule is C.CN1CCN(C(c2ccc(F)nc2)c2nnnn2CCc2ccccc2)CC1. The predicted octanol–water partition coefficient (Wildman–Crippen LogP) is 2.42. The van der Waals surface area contributed by atoms with Gasteiger partial charge < -0.3 is 4.90 Å². The number of benzene rings is 1. The van der Waals surface area contributed by atoms with Crippen LogP contribution < -0.4 is 0 Å². The van der Waals surface area contributed by atoms with Crippen LogP contribution in [0.4, 0.5) is 4.39 Å². The highest BCUT2D eigenvalue weighted by molar-refractivity contribution is 5.22. The third kappa shape index (κ3) is 5.02. The number of tetrazole rings is 1. The molecule has 1 aliphatic rings. The quantitative estimate of drug-likeness (QED) is 0.596. The zero-order valence-corrected chi connectivity index (χ0v) is 15.9. The number of aryl methyl sites for hydroxylation is 2. The van der Waals surface area contributed by atoms with Gasteiger partial charge in [0.15, 0.2) is 5.82 Å². The normalized spacial score (nSPS) is 16.3. The molecule has 0 bridgehead atoms. The average Bonchev–Trinajstić information content (AvgIpc) is 3.18. The van der Waals surface area contributed by atoms with Gasteiger partial charge >= 0.3 is 0 Å². The average molecular weight is 398 g/mol. The molecule has 1 saturated heterocycles. The predicted molar refractivity (Wildman–Crippen MR) is 110 cm³/mol. The van der Waals surface area contributed by atoms with Crippen LogP contribution in [0, 0.1) is 5.95 Å². The van der Waals surface area contributed by atoms with Crippen LogP contribution in [-0.4, -0.2) is 68.2 Å². The summed E-state index contributed by atoms with van der Waals surface area (Å²) in [5, 5.41) is 12.5. The molecular formula is C21H28FN7. The van der Waals surface area contributed by atoms with E-state index in [0.29, 0.717) is 6.54 Å². The highest BCUT2D eigenvalue weighted by Crippen LogP contribution is 2.27. The monoisotopic (exact) mass is 397 g/mol. The summed E-state index contributed by atoms with van der Waals surface area (Å²) in [6, 6.07) is 13.3. The highest BCUT2D eigenvalue weighted by Gasteiger charge is 2.30. The molecule has 154 valence electrons. The number of likely N-dealkylation sites (N-methyl/N-ethyl adjacent to an activating group) is 1. The Morgan fingerprint density at radius 1 is 1.03 bits per heavy atom. The fourth-order valence-corrected chi connectivity index (χ4v) is 3.60. The second-order valence-electron chi connectivity index (χ2n) is 7.15. The molecule has 7 nitrogen and oxygen atoms in total. The van der Waals surface area contributed by atoms with Crippen molar-refractivity contribution >= 4 is 0 Å². The smallest absolute Gasteiger partial charge is 0.212 e. The number of rotatable bonds is 6. The van der Waals surface area contributed by atoms with E-state index in [1.54, 1.807) is 12.3 Å². The first-order chi connectivity index (χ1) is 13.7. The lowest BCUT2D eigenvalue weighted by atomic mass is 10.1. The van der Waals surface area contributed by atoms with Gasteiger partial charge in [-0.1, -0.05) is 43.8 Å². The van der Waals surface area contributed by atoms with Gasteiger partial charge in [-0.2, -0.15) is 4.39 Å². The van der Waals surface area contributed by atoms with Crippen LogP contribution in [-0.2, 0) is 13.0 Å². The van der Waals surface area contributed by atoms with E-state index in [9.17, 15) is 4.39 Å². The molecule has 3 heterocycles. The number of hydrogen-bond acceptors (Lipinski definition) is 6. The van der Waals surface area contributed by atoms with E-state index < -0.39 is 5.95 Å². The largest absolute Gasteiger partial charge is 0.304 e. The van der Waals surface area contributed by atoms with E-state index in [-0.39, 0.29) is 13.5 Å². The van der Waals surface area contributed by atoms with Crippen molar-refractivity contribution in [1.29, 1.82) is 0 Å². The Morgan fingerprint density at radius 2 is 1.79 bits per heavy atom. The zero-order valence-electron chi connectivity index (χ0n) is 15.9. The molecule has 29 heavy (non-hydrogen) atoms. The van der Waals surface area contributed by atoms with E-state index in [4.69, 9.17) is 0 Å². The fourth-order valence-electron chi connectivity index (χ4n) is 3.60. The maximum absolute atomic E-state index is 13.4. The van der Waals surface area contributed by atoms with Gasteiger partial charge in [0.05, 0.1) is 6.04 Å². The summed E-state index contributed by atoms with van der Waals surface area (Å²) in [6.07, 6.45) is 2.44. The van der Waals surface area contributed by atoms with Crippen LogP contribution in [0.3, 0.4) is 0 Å². The second-order valence-corrected chi connectivity index (χ2v) is 7.15. The Balaban J connectivity index is 0.00000240. The summed E-state index contributed by atoms with van der Waals surface area (Å²) in [7, 11) is 2.12. The summed E-state index contributed by atoms with van der Waals surface area (Å²) in [5.41, 5.74) is 2.14. The Kier molecular flexibility index (Phi) is 7.00. The Labute approximate surface area is 171 Å². The molecule has 3 aromatic rings. The van der Waals surface area contributed by atoms with Crippen LogP contribution in [0.5, 0.6) is 0 Å². The Bertz CT molecular complexity index is 874. The Hall–Kier alpha value is -2.71. The number of halogens is 1. The molecule has 0 aliphatic carbocycles. The third-order valence-electron chi connectivity index (χ3n) is 5.23. The molecule has 1 atom stereocenters. The van der Waals surface area contributed by atoms with Gasteiger partial charge in [-0.15, -0.1) is 5.10 Å². The molecule has 2 aromatic heterocycles. The molecule has 0 amide bonds. The van der Waals surface area contributed by atoms with Crippen molar-refractivity contribution < 1.29 is 4.39 Å². The first kappa shape index (κ1) is 21.0. The number of piperazine rings is 1. The summed E-state index contributed by atoms with van der Waals surface area (Å²) in [6.45, 7) is 4.41. The lowest BCUT2D eigenvalue weighted by molar-refractivity contribution is 0.121. The van der Waals surface area contributed by atoms with Gasteiger partial charge in [-0.3, -0.25) is 4.90 Å². The van der Waals surface area contributed by atoms with E-state index in [2.05, 4.69) is 49.5 Å². The lowest BCUT2D eigenvalue weighted by Crippen LogP contribution is -2.46. The lowest BCUT2D eigenvalue weighted by Gasteiger charge is -2.37. The minimum Gasteiger partial charge on any atom is -0.304 e. The number of hydrogen-bond donors (Lipinski definition) is 0. The highest BCUT2D eigenvalue weighted by atomic mass is 19.1. The summed E-state index contributed by atoms with van der Waals surface area (Å²) < 4.78 is 15.3. The van der Waals surface area contributed by atoms with Crippen molar-refractivity contribution in [2.45, 2.75) is 26.4 Å². The summed E-state index contributed by atoms with van der Waals surface area (Å²) in [4.78, 5) is 8.51. The van der Waals surface area contributed by atoms with E-state index in [1.165, 1.54) is 11.6 Å². The molecule has 1 unspecified atom stereocenters. The third-order valence-corrected chi connectivity index (χ3v) is 5.23. The van der Waals surface area contributed by atoms with Gasteiger partial charge in [-0.05, 0) is 41.1 Å². The summed E-state index contributed by atoms with van der Waals surface area (Å²) >= 11 is 0. The second kappa shape index (κ2) is 9.67. The Morgan fingerprint density at radius 3 is 2.48 bits per heavy atom. The fraction of sp³-hybridized carbons (Fsp3) is 0.429. The number of aromatic nitrogens is 5. The van der Waals surface area contributed by atoms with Gasteiger partial charge in [0.25, 0.3) is 0 Å². The number of pyridine rings is 1. The zero-order chi connectivity index (χ0) is 19.3. The van der Waals surface area contributed by atoms with E-state index in [1.807, 2.05) is 22.9 Å². The maximum atomic E-state index is 13.4. The maximum Gasteiger partial charge on any atom is 0.212 e. The van der Waals surface area contributed by atoms with E-state index >= 15 is 0 Å². The molecule has 4 rings (SSSR count). The molecule has 0 radical (unpaired) electrons. The van der Waals surface area contributed by atoms with Crippen molar-refractivity contribution in [3.05, 3.63) is 71.6 Å². The van der Waals surface area contributed by atoms with Crippen LogP contribution >= 0.6 is 0 Å². The number of nitrogens with zero attached hydrogens (tertiary/aromatic N) is 7. The van der Waals surface area contributed by atoms with Crippen LogP contribution in [0.1, 0.15) is 30.4 Å². The molecule has 0 N–H and O–H groups in total. The van der Waals surface area contributed by atoms with Crippen molar-refractivity contribution in [2.24, 2.45) is 0 Å². The van der Waals surface area contributed by atoms with Crippen molar-refractivity contribution in [1.82, 2.24) is 35.0 Å². The van der Waals surface area contributed by atoms with Crippen LogP contribution in [0.2, 0.25) is 0 Å². The molecule has 1 aromatic carbocycles. The van der Waals surface area contributed by atoms with Crippen molar-refractivity contribution in [2.75, 3.05) is 33.2 Å². The molecule has 0 spiro atoms. The molecule has 0 saturated carbocycles. The minimum atomic E-state index is -0.482.